The van der Waals surface area contributed by atoms with Crippen LogP contribution in [0.4, 0.5) is 0 Å². The number of aromatic nitrogens is 1. The van der Waals surface area contributed by atoms with Gasteiger partial charge in [-0.3, -0.25) is 4.98 Å². The number of pyridine rings is 1. The van der Waals surface area contributed by atoms with Crippen molar-refractivity contribution in [2.45, 2.75) is 6.61 Å². The third kappa shape index (κ3) is 4.39. The maximum atomic E-state index is 5.57. The van der Waals surface area contributed by atoms with Crippen molar-refractivity contribution in [1.29, 1.82) is 0 Å². The van der Waals surface area contributed by atoms with Crippen molar-refractivity contribution in [2.75, 3.05) is 0 Å². The molecule has 3 rings (SSSR count). The van der Waals surface area contributed by atoms with Gasteiger partial charge in [0, 0.05) is 5.39 Å². The van der Waals surface area contributed by atoms with Gasteiger partial charge in [0.15, 0.2) is 0 Å². The Morgan fingerprint density at radius 2 is 1.52 bits per heavy atom. The predicted octanol–water partition coefficient (Wildman–Crippen LogP) is 1.05. The number of hydrogen-bond donors (Lipinski definition) is 0. The largest absolute Gasteiger partial charge is 0.429 e. The molecule has 21 heavy (non-hydrogen) atoms. The van der Waals surface area contributed by atoms with E-state index in [2.05, 4.69) is 17.1 Å². The Balaban J connectivity index is 0.00000110. The molecule has 0 fully saturated rings. The van der Waals surface area contributed by atoms with Crippen LogP contribution in [0.1, 0.15) is 5.69 Å². The highest BCUT2D eigenvalue weighted by Crippen LogP contribution is 2.11. The Bertz CT molecular complexity index is 676. The molecule has 0 amide bonds. The standard InChI is InChI=1S/C16H13BNO.2H2O/c1-2-7-14(8-3-1)17-19-12-15-11-10-13-6-4-5-9-16(13)18-15;;/h1-11H,12H2;2*1H2. The smallest absolute Gasteiger partial charge is 0.330 e. The average Bonchev–Trinajstić information content (AvgIpc) is 2.48. The van der Waals surface area contributed by atoms with E-state index in [1.807, 2.05) is 54.6 Å². The summed E-state index contributed by atoms with van der Waals surface area (Å²) in [6.45, 7) is 0.486. The number of hydrogen-bond acceptors (Lipinski definition) is 2. The van der Waals surface area contributed by atoms with Crippen LogP contribution >= 0.6 is 0 Å². The first-order valence-electron chi connectivity index (χ1n) is 6.26. The van der Waals surface area contributed by atoms with Gasteiger partial charge in [0.2, 0.25) is 0 Å². The minimum absolute atomic E-state index is 0. The molecule has 4 N–H and O–H groups in total. The first-order chi connectivity index (χ1) is 9.42. The van der Waals surface area contributed by atoms with Crippen LogP contribution in [-0.4, -0.2) is 23.4 Å². The molecule has 0 aliphatic carbocycles. The molecule has 2 aromatic carbocycles. The van der Waals surface area contributed by atoms with E-state index in [4.69, 9.17) is 4.65 Å². The van der Waals surface area contributed by atoms with E-state index in [0.29, 0.717) is 6.61 Å². The summed E-state index contributed by atoms with van der Waals surface area (Å²) in [4.78, 5) is 4.56. The number of fused-ring (bicyclic) bond motifs is 1. The highest BCUT2D eigenvalue weighted by atomic mass is 16.4. The maximum absolute atomic E-state index is 5.57. The Morgan fingerprint density at radius 3 is 2.33 bits per heavy atom. The van der Waals surface area contributed by atoms with Gasteiger partial charge in [-0.05, 0) is 12.1 Å². The minimum Gasteiger partial charge on any atom is -0.429 e. The summed E-state index contributed by atoms with van der Waals surface area (Å²) >= 11 is 0. The topological polar surface area (TPSA) is 85.1 Å². The SMILES string of the molecule is O.O.[B](OCc1ccc2ccccc2n1)c1ccccc1. The Labute approximate surface area is 124 Å². The zero-order valence-electron chi connectivity index (χ0n) is 11.5. The molecule has 0 spiro atoms. The molecule has 1 radical (unpaired) electrons. The fourth-order valence-corrected chi connectivity index (χ4v) is 1.94. The van der Waals surface area contributed by atoms with Crippen molar-refractivity contribution in [3.05, 3.63) is 72.4 Å². The van der Waals surface area contributed by atoms with Crippen LogP contribution in [-0.2, 0) is 11.3 Å². The van der Waals surface area contributed by atoms with Gasteiger partial charge in [-0.25, -0.2) is 0 Å². The lowest BCUT2D eigenvalue weighted by Crippen LogP contribution is -2.16. The highest BCUT2D eigenvalue weighted by Gasteiger charge is 2.00. The van der Waals surface area contributed by atoms with Crippen LogP contribution < -0.4 is 5.46 Å². The molecule has 1 heterocycles. The fraction of sp³-hybridized carbons (Fsp3) is 0.0625. The van der Waals surface area contributed by atoms with Gasteiger partial charge in [0.25, 0.3) is 0 Å². The lowest BCUT2D eigenvalue weighted by atomic mass is 9.88. The van der Waals surface area contributed by atoms with Crippen LogP contribution in [0.15, 0.2) is 66.7 Å². The number of para-hydroxylation sites is 1. The maximum Gasteiger partial charge on any atom is 0.330 e. The molecule has 0 saturated carbocycles. The summed E-state index contributed by atoms with van der Waals surface area (Å²) in [5.41, 5.74) is 3.00. The molecule has 1 aromatic heterocycles. The molecular weight excluding hydrogens is 265 g/mol. The molecule has 4 nitrogen and oxygen atoms in total. The predicted molar refractivity (Wildman–Crippen MR) is 85.6 cm³/mol. The van der Waals surface area contributed by atoms with E-state index in [1.54, 1.807) is 7.48 Å². The van der Waals surface area contributed by atoms with Crippen molar-refractivity contribution < 1.29 is 15.6 Å². The van der Waals surface area contributed by atoms with Crippen molar-refractivity contribution in [1.82, 2.24) is 4.98 Å². The fourth-order valence-electron chi connectivity index (χ4n) is 1.94. The van der Waals surface area contributed by atoms with Crippen LogP contribution in [0.25, 0.3) is 10.9 Å². The van der Waals surface area contributed by atoms with Gasteiger partial charge in [-0.2, -0.15) is 0 Å². The van der Waals surface area contributed by atoms with E-state index < -0.39 is 0 Å². The summed E-state index contributed by atoms with van der Waals surface area (Å²) in [7, 11) is 1.76. The third-order valence-corrected chi connectivity index (χ3v) is 2.91. The summed E-state index contributed by atoms with van der Waals surface area (Å²) in [5.74, 6) is 0. The van der Waals surface area contributed by atoms with E-state index in [-0.39, 0.29) is 11.0 Å². The Morgan fingerprint density at radius 1 is 0.810 bits per heavy atom. The first-order valence-corrected chi connectivity index (χ1v) is 6.26. The zero-order chi connectivity index (χ0) is 12.9. The average molecular weight is 282 g/mol. The van der Waals surface area contributed by atoms with Crippen LogP contribution in [0.5, 0.6) is 0 Å². The van der Waals surface area contributed by atoms with Gasteiger partial charge < -0.3 is 15.6 Å². The summed E-state index contributed by atoms with van der Waals surface area (Å²) in [5, 5.41) is 1.15. The Hall–Kier alpha value is -2.21. The van der Waals surface area contributed by atoms with E-state index >= 15 is 0 Å². The van der Waals surface area contributed by atoms with Crippen LogP contribution in [0, 0.1) is 0 Å². The Kier molecular flexibility index (Phi) is 6.55. The highest BCUT2D eigenvalue weighted by molar-refractivity contribution is 6.46. The van der Waals surface area contributed by atoms with Gasteiger partial charge in [0.05, 0.1) is 17.8 Å². The molecule has 0 saturated heterocycles. The molecule has 0 unspecified atom stereocenters. The van der Waals surface area contributed by atoms with Gasteiger partial charge in [0.1, 0.15) is 0 Å². The second-order valence-electron chi connectivity index (χ2n) is 4.33. The lowest BCUT2D eigenvalue weighted by molar-refractivity contribution is 0.325. The first kappa shape index (κ1) is 16.8. The van der Waals surface area contributed by atoms with E-state index in [0.717, 1.165) is 22.1 Å². The van der Waals surface area contributed by atoms with E-state index in [1.165, 1.54) is 0 Å². The summed E-state index contributed by atoms with van der Waals surface area (Å²) in [6, 6.07) is 22.1. The normalized spacial score (nSPS) is 9.52. The van der Waals surface area contributed by atoms with Gasteiger partial charge >= 0.3 is 7.48 Å². The lowest BCUT2D eigenvalue weighted by Gasteiger charge is -2.04. The number of benzene rings is 2. The van der Waals surface area contributed by atoms with Gasteiger partial charge in [-0.1, -0.05) is 60.1 Å². The van der Waals surface area contributed by atoms with Crippen molar-refractivity contribution in [3.63, 3.8) is 0 Å². The number of rotatable bonds is 4. The quantitative estimate of drug-likeness (QED) is 0.670. The van der Waals surface area contributed by atoms with Crippen molar-refractivity contribution in [2.24, 2.45) is 0 Å². The monoisotopic (exact) mass is 282 g/mol. The van der Waals surface area contributed by atoms with Gasteiger partial charge in [-0.15, -0.1) is 0 Å². The number of nitrogens with zero attached hydrogens (tertiary/aromatic N) is 1. The molecule has 107 valence electrons. The zero-order valence-corrected chi connectivity index (χ0v) is 11.5. The summed E-state index contributed by atoms with van der Waals surface area (Å²) < 4.78 is 5.57. The molecule has 5 heteroatoms. The second-order valence-corrected chi connectivity index (χ2v) is 4.33. The van der Waals surface area contributed by atoms with Crippen LogP contribution in [0.3, 0.4) is 0 Å². The molecule has 3 aromatic rings. The van der Waals surface area contributed by atoms with Crippen molar-refractivity contribution >= 4 is 23.8 Å². The molecule has 0 bridgehead atoms. The molecular formula is C16H17BNO3. The van der Waals surface area contributed by atoms with E-state index in [9.17, 15) is 0 Å². The second kappa shape index (κ2) is 8.16. The molecule has 0 aliphatic rings. The summed E-state index contributed by atoms with van der Waals surface area (Å²) in [6.07, 6.45) is 0. The van der Waals surface area contributed by atoms with Crippen molar-refractivity contribution in [3.8, 4) is 0 Å². The third-order valence-electron chi connectivity index (χ3n) is 2.91. The molecule has 0 aliphatic heterocycles. The molecule has 0 atom stereocenters. The minimum atomic E-state index is 0. The van der Waals surface area contributed by atoms with Crippen LogP contribution in [0.2, 0.25) is 0 Å².